The highest BCUT2D eigenvalue weighted by Crippen LogP contribution is 2.41. The summed E-state index contributed by atoms with van der Waals surface area (Å²) < 4.78 is 13.3. The summed E-state index contributed by atoms with van der Waals surface area (Å²) in [5.74, 6) is -0.234. The van der Waals surface area contributed by atoms with Gasteiger partial charge in [-0.1, -0.05) is 75.4 Å². The highest BCUT2D eigenvalue weighted by atomic mass is 16.5. The number of ether oxygens (including phenoxy) is 2. The van der Waals surface area contributed by atoms with E-state index in [0.717, 1.165) is 40.2 Å². The maximum Gasteiger partial charge on any atom is 0.227 e. The van der Waals surface area contributed by atoms with E-state index >= 15 is 0 Å². The Balaban J connectivity index is 1.42. The Morgan fingerprint density at radius 1 is 0.978 bits per heavy atom. The first kappa shape index (κ1) is 35.0. The number of Topliss-reactive ketones (excluding diaryl/α,β-unsaturated/α-hetero) is 1. The molecule has 248 valence electrons. The maximum absolute atomic E-state index is 13.8. The summed E-state index contributed by atoms with van der Waals surface area (Å²) in [5.41, 5.74) is 4.06. The molecule has 2 heterocycles. The molecule has 0 radical (unpaired) electrons. The van der Waals surface area contributed by atoms with Gasteiger partial charge in [0.2, 0.25) is 11.8 Å². The normalized spacial score (nSPS) is 13.0. The summed E-state index contributed by atoms with van der Waals surface area (Å²) >= 11 is 0. The summed E-state index contributed by atoms with van der Waals surface area (Å²) in [6.07, 6.45) is 1.50. The number of carbonyl (C=O) groups is 3. The molecule has 2 amide bonds. The molecule has 0 bridgehead atoms. The van der Waals surface area contributed by atoms with Crippen molar-refractivity contribution in [2.75, 3.05) is 31.8 Å². The lowest BCUT2D eigenvalue weighted by Crippen LogP contribution is -2.39. The van der Waals surface area contributed by atoms with Crippen LogP contribution in [-0.2, 0) is 36.9 Å². The number of nitrogens with one attached hydrogen (secondary N) is 1. The molecule has 4 rings (SSSR count). The quantitative estimate of drug-likeness (QED) is 0.210. The van der Waals surface area contributed by atoms with E-state index in [0.29, 0.717) is 39.3 Å². The smallest absolute Gasteiger partial charge is 0.227 e. The standard InChI is InChI=1S/C36H49N5O5/c1-25(2)34(44)35(3,4)24-46-36(5,6)19-20-37-30(42)17-18-31(43)40-23-26-13-8-9-14-27(26)33-32(28-15-10-11-16-29(28)40)38-39-41(33)21-12-22-45-7/h8-11,13-16,25H,12,17-24H2,1-7H3,(H,37,42). The van der Waals surface area contributed by atoms with Crippen molar-refractivity contribution >= 4 is 23.3 Å². The number of fused-ring (bicyclic) bond motifs is 5. The second-order valence-electron chi connectivity index (χ2n) is 13.6. The number of aryl methyl sites for hydroxylation is 1. The van der Waals surface area contributed by atoms with E-state index in [1.807, 2.05) is 94.8 Å². The zero-order valence-corrected chi connectivity index (χ0v) is 28.4. The van der Waals surface area contributed by atoms with Crippen molar-refractivity contribution in [3.05, 3.63) is 54.1 Å². The monoisotopic (exact) mass is 631 g/mol. The van der Waals surface area contributed by atoms with Crippen LogP contribution in [0.3, 0.4) is 0 Å². The molecule has 0 saturated heterocycles. The summed E-state index contributed by atoms with van der Waals surface area (Å²) in [6.45, 7) is 13.9. The number of carbonyl (C=O) groups excluding carboxylic acids is 3. The highest BCUT2D eigenvalue weighted by Gasteiger charge is 2.33. The van der Waals surface area contributed by atoms with Gasteiger partial charge < -0.3 is 19.7 Å². The van der Waals surface area contributed by atoms with Gasteiger partial charge >= 0.3 is 0 Å². The van der Waals surface area contributed by atoms with E-state index in [4.69, 9.17) is 9.47 Å². The van der Waals surface area contributed by atoms with E-state index in [1.165, 1.54) is 0 Å². The number of hydrogen-bond acceptors (Lipinski definition) is 7. The first-order chi connectivity index (χ1) is 21.8. The van der Waals surface area contributed by atoms with Crippen LogP contribution in [0.2, 0.25) is 0 Å². The van der Waals surface area contributed by atoms with Gasteiger partial charge in [-0.15, -0.1) is 5.10 Å². The fraction of sp³-hybridized carbons (Fsp3) is 0.528. The molecule has 0 saturated carbocycles. The summed E-state index contributed by atoms with van der Waals surface area (Å²) in [6, 6.07) is 15.8. The molecule has 3 aromatic rings. The second-order valence-corrected chi connectivity index (χ2v) is 13.6. The molecule has 1 aliphatic rings. The predicted octanol–water partition coefficient (Wildman–Crippen LogP) is 5.83. The van der Waals surface area contributed by atoms with Gasteiger partial charge in [-0.05, 0) is 38.3 Å². The zero-order valence-electron chi connectivity index (χ0n) is 28.4. The van der Waals surface area contributed by atoms with Crippen molar-refractivity contribution in [1.82, 2.24) is 20.3 Å². The molecule has 0 spiro atoms. The minimum absolute atomic E-state index is 0.0598. The van der Waals surface area contributed by atoms with Gasteiger partial charge in [-0.3, -0.25) is 14.4 Å². The number of anilines is 1. The molecule has 0 unspecified atom stereocenters. The summed E-state index contributed by atoms with van der Waals surface area (Å²) in [5, 5.41) is 12.0. The van der Waals surface area contributed by atoms with Crippen LogP contribution >= 0.6 is 0 Å². The lowest BCUT2D eigenvalue weighted by atomic mass is 9.83. The average Bonchev–Trinajstić information content (AvgIpc) is 3.43. The molecule has 1 aliphatic heterocycles. The van der Waals surface area contributed by atoms with Crippen LogP contribution in [0, 0.1) is 11.3 Å². The molecule has 0 aliphatic carbocycles. The number of rotatable bonds is 15. The summed E-state index contributed by atoms with van der Waals surface area (Å²) in [7, 11) is 1.69. The van der Waals surface area contributed by atoms with Crippen LogP contribution in [-0.4, -0.2) is 65.1 Å². The molecular formula is C36H49N5O5. The number of ketones is 1. The van der Waals surface area contributed by atoms with Crippen LogP contribution in [0.1, 0.15) is 72.8 Å². The molecular weight excluding hydrogens is 582 g/mol. The van der Waals surface area contributed by atoms with Crippen molar-refractivity contribution < 1.29 is 23.9 Å². The van der Waals surface area contributed by atoms with Gasteiger partial charge in [-0.25, -0.2) is 4.68 Å². The van der Waals surface area contributed by atoms with Crippen LogP contribution < -0.4 is 10.2 Å². The lowest BCUT2D eigenvalue weighted by molar-refractivity contribution is -0.138. The third-order valence-electron chi connectivity index (χ3n) is 8.44. The van der Waals surface area contributed by atoms with Gasteiger partial charge in [0.05, 0.1) is 30.1 Å². The molecule has 1 N–H and O–H groups in total. The Morgan fingerprint density at radius 3 is 2.39 bits per heavy atom. The van der Waals surface area contributed by atoms with Crippen molar-refractivity contribution in [2.24, 2.45) is 11.3 Å². The summed E-state index contributed by atoms with van der Waals surface area (Å²) in [4.78, 5) is 40.9. The van der Waals surface area contributed by atoms with Crippen molar-refractivity contribution in [3.8, 4) is 22.5 Å². The van der Waals surface area contributed by atoms with E-state index in [-0.39, 0.29) is 36.4 Å². The van der Waals surface area contributed by atoms with E-state index in [2.05, 4.69) is 15.6 Å². The number of methoxy groups -OCH3 is 1. The molecule has 0 atom stereocenters. The highest BCUT2D eigenvalue weighted by molar-refractivity contribution is 6.01. The van der Waals surface area contributed by atoms with Gasteiger partial charge in [0.15, 0.2) is 0 Å². The Morgan fingerprint density at radius 2 is 1.67 bits per heavy atom. The first-order valence-electron chi connectivity index (χ1n) is 16.2. The molecule has 10 nitrogen and oxygen atoms in total. The Hall–Kier alpha value is -3.89. The number of para-hydroxylation sites is 1. The van der Waals surface area contributed by atoms with Gasteiger partial charge in [0, 0.05) is 62.1 Å². The Labute approximate surface area is 272 Å². The fourth-order valence-electron chi connectivity index (χ4n) is 5.80. The molecule has 1 aromatic heterocycles. The average molecular weight is 632 g/mol. The number of benzene rings is 2. The first-order valence-corrected chi connectivity index (χ1v) is 16.2. The minimum Gasteiger partial charge on any atom is -0.385 e. The number of nitrogens with zero attached hydrogens (tertiary/aromatic N) is 4. The largest absolute Gasteiger partial charge is 0.385 e. The van der Waals surface area contributed by atoms with Crippen molar-refractivity contribution in [2.45, 2.75) is 85.9 Å². The number of amides is 2. The molecule has 2 aromatic carbocycles. The van der Waals surface area contributed by atoms with E-state index < -0.39 is 11.0 Å². The molecule has 0 fully saturated rings. The minimum atomic E-state index is -0.581. The molecule has 10 heteroatoms. The van der Waals surface area contributed by atoms with Crippen LogP contribution in [0.25, 0.3) is 22.5 Å². The fourth-order valence-corrected chi connectivity index (χ4v) is 5.80. The van der Waals surface area contributed by atoms with Gasteiger partial charge in [-0.2, -0.15) is 0 Å². The third-order valence-corrected chi connectivity index (χ3v) is 8.44. The topological polar surface area (TPSA) is 116 Å². The van der Waals surface area contributed by atoms with Gasteiger partial charge in [0.25, 0.3) is 0 Å². The maximum atomic E-state index is 13.8. The number of aromatic nitrogens is 3. The predicted molar refractivity (Wildman–Crippen MR) is 179 cm³/mol. The van der Waals surface area contributed by atoms with Crippen molar-refractivity contribution in [1.29, 1.82) is 0 Å². The number of hydrogen-bond donors (Lipinski definition) is 1. The Kier molecular flexibility index (Phi) is 11.5. The SMILES string of the molecule is COCCCn1nnc2c1-c1ccccc1CN(C(=O)CCC(=O)NCCC(C)(C)OCC(C)(C)C(=O)C(C)C)c1ccccc1-2. The Bertz CT molecular complexity index is 1530. The van der Waals surface area contributed by atoms with Crippen molar-refractivity contribution in [3.63, 3.8) is 0 Å². The molecule has 46 heavy (non-hydrogen) atoms. The van der Waals surface area contributed by atoms with E-state index in [9.17, 15) is 14.4 Å². The second kappa shape index (κ2) is 15.1. The van der Waals surface area contributed by atoms with Crippen LogP contribution in [0.5, 0.6) is 0 Å². The van der Waals surface area contributed by atoms with Gasteiger partial charge in [0.1, 0.15) is 11.5 Å². The lowest BCUT2D eigenvalue weighted by Gasteiger charge is -2.32. The van der Waals surface area contributed by atoms with Crippen LogP contribution in [0.4, 0.5) is 5.69 Å². The van der Waals surface area contributed by atoms with E-state index in [1.54, 1.807) is 12.0 Å². The van der Waals surface area contributed by atoms with Crippen LogP contribution in [0.15, 0.2) is 48.5 Å². The zero-order chi connectivity index (χ0) is 33.5. The third kappa shape index (κ3) is 8.47.